The van der Waals surface area contributed by atoms with Crippen molar-refractivity contribution in [3.63, 3.8) is 0 Å². The number of likely N-dealkylation sites (tertiary alicyclic amines) is 1. The summed E-state index contributed by atoms with van der Waals surface area (Å²) in [6.45, 7) is 0.615. The van der Waals surface area contributed by atoms with Gasteiger partial charge < -0.3 is 20.1 Å². The van der Waals surface area contributed by atoms with Crippen LogP contribution in [0.15, 0.2) is 91.3 Å². The van der Waals surface area contributed by atoms with Gasteiger partial charge in [-0.15, -0.1) is 0 Å². The lowest BCUT2D eigenvalue weighted by molar-refractivity contribution is -0.154. The van der Waals surface area contributed by atoms with Gasteiger partial charge in [0.1, 0.15) is 11.6 Å². The number of carboxylic acid groups (broad SMARTS) is 1. The SMILES string of the molecule is O=C(Cc1ccc(-c2cccc(-c3cc4cnccc4[nH]3)c2O)cc1)N1CCC(Cc2ccccc2F)(C(=O)O)CC1. The Morgan fingerprint density at radius 2 is 1.69 bits per heavy atom. The number of aliphatic carboxylic acids is 1. The van der Waals surface area contributed by atoms with Gasteiger partial charge in [-0.05, 0) is 60.2 Å². The topological polar surface area (TPSA) is 107 Å². The van der Waals surface area contributed by atoms with Gasteiger partial charge in [-0.25, -0.2) is 4.39 Å². The van der Waals surface area contributed by atoms with Gasteiger partial charge in [0.05, 0.1) is 17.5 Å². The van der Waals surface area contributed by atoms with Gasteiger partial charge in [-0.1, -0.05) is 54.6 Å². The number of rotatable bonds is 7. The van der Waals surface area contributed by atoms with Crippen molar-refractivity contribution >= 4 is 22.8 Å². The second-order valence-corrected chi connectivity index (χ2v) is 11.0. The van der Waals surface area contributed by atoms with Crippen LogP contribution < -0.4 is 0 Å². The number of carbonyl (C=O) groups excluding carboxylic acids is 1. The molecule has 0 radical (unpaired) electrons. The maximum Gasteiger partial charge on any atom is 0.310 e. The van der Waals surface area contributed by atoms with Gasteiger partial charge in [-0.3, -0.25) is 14.6 Å². The van der Waals surface area contributed by atoms with E-state index in [4.69, 9.17) is 0 Å². The van der Waals surface area contributed by atoms with Crippen LogP contribution in [0.1, 0.15) is 24.0 Å². The van der Waals surface area contributed by atoms with Crippen molar-refractivity contribution in [2.75, 3.05) is 13.1 Å². The molecule has 212 valence electrons. The zero-order valence-corrected chi connectivity index (χ0v) is 22.9. The number of nitrogens with zero attached hydrogens (tertiary/aromatic N) is 2. The molecule has 3 heterocycles. The van der Waals surface area contributed by atoms with Crippen LogP contribution in [0.3, 0.4) is 0 Å². The lowest BCUT2D eigenvalue weighted by atomic mass is 9.73. The number of hydrogen-bond donors (Lipinski definition) is 3. The molecule has 1 amide bonds. The van der Waals surface area contributed by atoms with Crippen LogP contribution in [0.25, 0.3) is 33.3 Å². The Balaban J connectivity index is 1.12. The van der Waals surface area contributed by atoms with Crippen molar-refractivity contribution < 1.29 is 24.2 Å². The number of aromatic hydroxyl groups is 1. The quantitative estimate of drug-likeness (QED) is 0.218. The zero-order valence-electron chi connectivity index (χ0n) is 22.9. The van der Waals surface area contributed by atoms with Gasteiger partial charge in [0.2, 0.25) is 5.91 Å². The summed E-state index contributed by atoms with van der Waals surface area (Å²) < 4.78 is 14.2. The predicted octanol–water partition coefficient (Wildman–Crippen LogP) is 6.22. The van der Waals surface area contributed by atoms with E-state index in [1.165, 1.54) is 6.07 Å². The molecular weight excluding hydrogens is 533 g/mol. The second-order valence-electron chi connectivity index (χ2n) is 11.0. The standard InChI is InChI=1S/C34H30FN3O4/c35-28-7-2-1-4-24(28)20-34(33(41)42)13-16-38(17-14-34)31(39)18-22-8-10-23(11-9-22)26-5-3-6-27(32(26)40)30-19-25-21-36-15-12-29(25)37-30/h1-12,15,19,21,37,40H,13-14,16-18,20H2,(H,41,42). The van der Waals surface area contributed by atoms with Crippen LogP contribution in [0.2, 0.25) is 0 Å². The van der Waals surface area contributed by atoms with Crippen molar-refractivity contribution in [1.29, 1.82) is 0 Å². The predicted molar refractivity (Wildman–Crippen MR) is 158 cm³/mol. The van der Waals surface area contributed by atoms with Crippen LogP contribution in [0.5, 0.6) is 5.75 Å². The third kappa shape index (κ3) is 5.23. The number of fused-ring (bicyclic) bond motifs is 1. The number of H-pyrrole nitrogens is 1. The summed E-state index contributed by atoms with van der Waals surface area (Å²) in [6.07, 6.45) is 4.31. The molecule has 0 aliphatic carbocycles. The number of aromatic amines is 1. The molecule has 8 heteroatoms. The number of carboxylic acids is 1. The van der Waals surface area contributed by atoms with Crippen molar-refractivity contribution in [2.24, 2.45) is 5.41 Å². The smallest absolute Gasteiger partial charge is 0.310 e. The highest BCUT2D eigenvalue weighted by atomic mass is 19.1. The van der Waals surface area contributed by atoms with Crippen molar-refractivity contribution in [1.82, 2.24) is 14.9 Å². The molecule has 0 spiro atoms. The highest BCUT2D eigenvalue weighted by molar-refractivity contribution is 5.89. The molecule has 7 nitrogen and oxygen atoms in total. The molecule has 0 atom stereocenters. The minimum Gasteiger partial charge on any atom is -0.507 e. The molecule has 3 N–H and O–H groups in total. The van der Waals surface area contributed by atoms with E-state index < -0.39 is 17.2 Å². The Morgan fingerprint density at radius 3 is 2.40 bits per heavy atom. The van der Waals surface area contributed by atoms with Crippen LogP contribution in [0, 0.1) is 11.2 Å². The molecule has 1 fully saturated rings. The fraction of sp³-hybridized carbons (Fsp3) is 0.206. The summed E-state index contributed by atoms with van der Waals surface area (Å²) >= 11 is 0. The number of nitrogens with one attached hydrogen (secondary N) is 1. The summed E-state index contributed by atoms with van der Waals surface area (Å²) in [4.78, 5) is 34.5. The molecule has 42 heavy (non-hydrogen) atoms. The molecule has 2 aromatic heterocycles. The Hall–Kier alpha value is -4.98. The Labute approximate surface area is 242 Å². The largest absolute Gasteiger partial charge is 0.507 e. The van der Waals surface area contributed by atoms with Crippen molar-refractivity contribution in [3.8, 4) is 28.1 Å². The Kier molecular flexibility index (Phi) is 7.20. The zero-order chi connectivity index (χ0) is 29.3. The summed E-state index contributed by atoms with van der Waals surface area (Å²) in [7, 11) is 0. The summed E-state index contributed by atoms with van der Waals surface area (Å²) in [6, 6.07) is 23.2. The van der Waals surface area contributed by atoms with Crippen LogP contribution in [-0.4, -0.2) is 50.0 Å². The van der Waals surface area contributed by atoms with E-state index in [2.05, 4.69) is 9.97 Å². The first-order valence-electron chi connectivity index (χ1n) is 13.9. The summed E-state index contributed by atoms with van der Waals surface area (Å²) in [5, 5.41) is 22.1. The first-order valence-corrected chi connectivity index (χ1v) is 13.9. The van der Waals surface area contributed by atoms with E-state index >= 15 is 0 Å². The molecule has 1 aliphatic heterocycles. The van der Waals surface area contributed by atoms with E-state index in [0.717, 1.165) is 27.7 Å². The summed E-state index contributed by atoms with van der Waals surface area (Å²) in [5.74, 6) is -1.28. The van der Waals surface area contributed by atoms with Gasteiger partial charge >= 0.3 is 5.97 Å². The maximum absolute atomic E-state index is 14.2. The number of halogens is 1. The fourth-order valence-electron chi connectivity index (χ4n) is 5.86. The molecule has 6 rings (SSSR count). The van der Waals surface area contributed by atoms with Gasteiger partial charge in [0, 0.05) is 47.5 Å². The lowest BCUT2D eigenvalue weighted by Gasteiger charge is -2.39. The second kappa shape index (κ2) is 11.1. The first-order chi connectivity index (χ1) is 20.3. The van der Waals surface area contributed by atoms with Crippen molar-refractivity contribution in [3.05, 3.63) is 108 Å². The van der Waals surface area contributed by atoms with Crippen molar-refractivity contribution in [2.45, 2.75) is 25.7 Å². The average Bonchev–Trinajstić information content (AvgIpc) is 3.43. The van der Waals surface area contributed by atoms with Crippen LogP contribution in [-0.2, 0) is 22.4 Å². The third-order valence-corrected chi connectivity index (χ3v) is 8.38. The van der Waals surface area contributed by atoms with E-state index in [9.17, 15) is 24.2 Å². The minimum absolute atomic E-state index is 0.0780. The number of para-hydroxylation sites is 1. The molecule has 0 unspecified atom stereocenters. The maximum atomic E-state index is 14.2. The monoisotopic (exact) mass is 563 g/mol. The number of piperidine rings is 1. The number of carbonyl (C=O) groups is 2. The van der Waals surface area contributed by atoms with E-state index in [-0.39, 0.29) is 37.3 Å². The molecule has 1 aliphatic rings. The van der Waals surface area contributed by atoms with Crippen LogP contribution in [0.4, 0.5) is 4.39 Å². The molecule has 0 bridgehead atoms. The van der Waals surface area contributed by atoms with Gasteiger partial charge in [0.15, 0.2) is 0 Å². The third-order valence-electron chi connectivity index (χ3n) is 8.38. The van der Waals surface area contributed by atoms with Crippen LogP contribution >= 0.6 is 0 Å². The Morgan fingerprint density at radius 1 is 0.952 bits per heavy atom. The number of aromatic nitrogens is 2. The van der Waals surface area contributed by atoms with E-state index in [0.29, 0.717) is 29.8 Å². The molecule has 3 aromatic carbocycles. The molecule has 0 saturated carbocycles. The lowest BCUT2D eigenvalue weighted by Crippen LogP contribution is -2.48. The molecule has 1 saturated heterocycles. The number of amides is 1. The fourth-order valence-corrected chi connectivity index (χ4v) is 5.86. The van der Waals surface area contributed by atoms with E-state index in [1.807, 2.05) is 54.6 Å². The molecule has 5 aromatic rings. The number of pyridine rings is 1. The number of phenolic OH excluding ortho intramolecular Hbond substituents is 1. The van der Waals surface area contributed by atoms with E-state index in [1.54, 1.807) is 35.5 Å². The van der Waals surface area contributed by atoms with Gasteiger partial charge in [0.25, 0.3) is 0 Å². The Bertz CT molecular complexity index is 1740. The summed E-state index contributed by atoms with van der Waals surface area (Å²) in [5.41, 5.74) is 4.02. The highest BCUT2D eigenvalue weighted by Crippen LogP contribution is 2.39. The number of phenols is 1. The number of benzene rings is 3. The first kappa shape index (κ1) is 27.2. The number of hydrogen-bond acceptors (Lipinski definition) is 4. The molecular formula is C34H30FN3O4. The average molecular weight is 564 g/mol. The van der Waals surface area contributed by atoms with Gasteiger partial charge in [-0.2, -0.15) is 0 Å². The highest BCUT2D eigenvalue weighted by Gasteiger charge is 2.42. The minimum atomic E-state index is -1.10. The normalized spacial score (nSPS) is 14.6.